The van der Waals surface area contributed by atoms with Gasteiger partial charge in [-0.2, -0.15) is 0 Å². The molecule has 0 atom stereocenters. The van der Waals surface area contributed by atoms with E-state index in [4.69, 9.17) is 0 Å². The molecule has 1 aromatic carbocycles. The van der Waals surface area contributed by atoms with E-state index in [0.29, 0.717) is 11.1 Å². The summed E-state index contributed by atoms with van der Waals surface area (Å²) in [5, 5.41) is 37.5. The highest BCUT2D eigenvalue weighted by molar-refractivity contribution is 6.39. The van der Waals surface area contributed by atoms with E-state index in [1.54, 1.807) is 24.3 Å². The smallest absolute Gasteiger partial charge is 0.201 e. The number of allylic oxidation sites excluding steroid dienone is 1. The SMILES string of the molecule is O=C1C(=C(N(CCO)CCO)N(CCO)CCO)C(=O)c2ccccc21. The molecule has 8 nitrogen and oxygen atoms in total. The third-order valence-electron chi connectivity index (χ3n) is 4.17. The first-order chi connectivity index (χ1) is 12.6. The minimum Gasteiger partial charge on any atom is -0.395 e. The third-order valence-corrected chi connectivity index (χ3v) is 4.17. The lowest BCUT2D eigenvalue weighted by atomic mass is 10.1. The molecule has 1 aliphatic carbocycles. The first-order valence-corrected chi connectivity index (χ1v) is 8.46. The van der Waals surface area contributed by atoms with Crippen LogP contribution >= 0.6 is 0 Å². The Bertz CT molecular complexity index is 621. The molecule has 0 bridgehead atoms. The molecule has 0 saturated carbocycles. The highest BCUT2D eigenvalue weighted by Crippen LogP contribution is 2.30. The summed E-state index contributed by atoms with van der Waals surface area (Å²) < 4.78 is 0. The molecular formula is C18H24N2O6. The Balaban J connectivity index is 2.63. The van der Waals surface area contributed by atoms with Gasteiger partial charge in [-0.1, -0.05) is 24.3 Å². The van der Waals surface area contributed by atoms with Gasteiger partial charge < -0.3 is 30.2 Å². The normalized spacial score (nSPS) is 13.2. The summed E-state index contributed by atoms with van der Waals surface area (Å²) in [6, 6.07) is 6.49. The van der Waals surface area contributed by atoms with Crippen LogP contribution in [0.1, 0.15) is 20.7 Å². The molecule has 8 heteroatoms. The Labute approximate surface area is 151 Å². The van der Waals surface area contributed by atoms with E-state index in [1.807, 2.05) is 0 Å². The largest absolute Gasteiger partial charge is 0.395 e. The molecule has 0 aromatic heterocycles. The lowest BCUT2D eigenvalue weighted by molar-refractivity contribution is 0.0922. The number of fused-ring (bicyclic) bond motifs is 1. The minimum absolute atomic E-state index is 0.0741. The maximum atomic E-state index is 12.9. The number of rotatable bonds is 10. The predicted molar refractivity (Wildman–Crippen MR) is 93.6 cm³/mol. The zero-order valence-corrected chi connectivity index (χ0v) is 14.5. The second-order valence-corrected chi connectivity index (χ2v) is 5.77. The number of carbonyl (C=O) groups is 2. The Morgan fingerprint density at radius 3 is 1.35 bits per heavy atom. The summed E-state index contributed by atoms with van der Waals surface area (Å²) in [6.07, 6.45) is 0. The average Bonchev–Trinajstić information content (AvgIpc) is 2.88. The predicted octanol–water partition coefficient (Wildman–Crippen LogP) is -1.15. The molecule has 0 unspecified atom stereocenters. The maximum absolute atomic E-state index is 12.9. The number of aliphatic hydroxyl groups excluding tert-OH is 4. The molecule has 0 fully saturated rings. The maximum Gasteiger partial charge on any atom is 0.201 e. The molecule has 26 heavy (non-hydrogen) atoms. The van der Waals surface area contributed by atoms with E-state index in [-0.39, 0.29) is 64.0 Å². The third kappa shape index (κ3) is 3.94. The zero-order valence-electron chi connectivity index (χ0n) is 14.5. The first kappa shape index (κ1) is 20.1. The number of ketones is 2. The van der Waals surface area contributed by atoms with Crippen LogP contribution in [0, 0.1) is 0 Å². The number of hydrogen-bond donors (Lipinski definition) is 4. The Kier molecular flexibility index (Phi) is 7.28. The minimum atomic E-state index is -0.442. The van der Waals surface area contributed by atoms with Crippen molar-refractivity contribution in [3.05, 3.63) is 46.8 Å². The van der Waals surface area contributed by atoms with E-state index < -0.39 is 11.6 Å². The fourth-order valence-electron chi connectivity index (χ4n) is 3.10. The van der Waals surface area contributed by atoms with Crippen molar-refractivity contribution >= 4 is 11.6 Å². The van der Waals surface area contributed by atoms with Crippen LogP contribution in [-0.4, -0.2) is 94.4 Å². The van der Waals surface area contributed by atoms with Gasteiger partial charge in [0.25, 0.3) is 0 Å². The second-order valence-electron chi connectivity index (χ2n) is 5.77. The number of benzene rings is 1. The van der Waals surface area contributed by atoms with Gasteiger partial charge in [-0.25, -0.2) is 0 Å². The van der Waals surface area contributed by atoms with Gasteiger partial charge in [-0.3, -0.25) is 9.59 Å². The second kappa shape index (κ2) is 9.44. The number of nitrogens with zero attached hydrogens (tertiary/aromatic N) is 2. The average molecular weight is 364 g/mol. The van der Waals surface area contributed by atoms with Crippen LogP contribution in [0.4, 0.5) is 0 Å². The molecule has 2 rings (SSSR count). The zero-order chi connectivity index (χ0) is 19.1. The molecule has 0 heterocycles. The van der Waals surface area contributed by atoms with Crippen LogP contribution in [0.25, 0.3) is 0 Å². The fraction of sp³-hybridized carbons (Fsp3) is 0.444. The Hall–Kier alpha value is -2.26. The number of aliphatic hydroxyl groups is 4. The first-order valence-electron chi connectivity index (χ1n) is 8.46. The van der Waals surface area contributed by atoms with Crippen LogP contribution in [0.15, 0.2) is 35.7 Å². The van der Waals surface area contributed by atoms with E-state index in [1.165, 1.54) is 9.80 Å². The summed E-state index contributed by atoms with van der Waals surface area (Å²) >= 11 is 0. The molecule has 0 amide bonds. The molecular weight excluding hydrogens is 340 g/mol. The van der Waals surface area contributed by atoms with Gasteiger partial charge in [0, 0.05) is 37.3 Å². The van der Waals surface area contributed by atoms with Crippen molar-refractivity contribution in [2.45, 2.75) is 0 Å². The molecule has 0 radical (unpaired) electrons. The molecule has 1 aliphatic rings. The highest BCUT2D eigenvalue weighted by Gasteiger charge is 2.38. The molecule has 0 saturated heterocycles. The topological polar surface area (TPSA) is 122 Å². The van der Waals surface area contributed by atoms with Gasteiger partial charge in [0.05, 0.1) is 26.4 Å². The van der Waals surface area contributed by atoms with Crippen molar-refractivity contribution < 1.29 is 30.0 Å². The lowest BCUT2D eigenvalue weighted by Crippen LogP contribution is -2.43. The summed E-state index contributed by atoms with van der Waals surface area (Å²) in [7, 11) is 0. The number of carbonyl (C=O) groups excluding carboxylic acids is 2. The number of Topliss-reactive ketones (excluding diaryl/α,β-unsaturated/α-hetero) is 2. The van der Waals surface area contributed by atoms with Crippen LogP contribution in [-0.2, 0) is 0 Å². The van der Waals surface area contributed by atoms with Crippen molar-refractivity contribution in [3.63, 3.8) is 0 Å². The van der Waals surface area contributed by atoms with E-state index in [0.717, 1.165) is 0 Å². The summed E-state index contributed by atoms with van der Waals surface area (Å²) in [4.78, 5) is 28.8. The van der Waals surface area contributed by atoms with E-state index in [2.05, 4.69) is 0 Å². The van der Waals surface area contributed by atoms with Crippen LogP contribution in [0.2, 0.25) is 0 Å². The molecule has 142 valence electrons. The van der Waals surface area contributed by atoms with Gasteiger partial charge >= 0.3 is 0 Å². The van der Waals surface area contributed by atoms with Gasteiger partial charge in [0.15, 0.2) is 0 Å². The van der Waals surface area contributed by atoms with Gasteiger partial charge in [-0.05, 0) is 0 Å². The Morgan fingerprint density at radius 1 is 0.692 bits per heavy atom. The van der Waals surface area contributed by atoms with Crippen molar-refractivity contribution in [1.29, 1.82) is 0 Å². The summed E-state index contributed by atoms with van der Waals surface area (Å²) in [5.74, 6) is -0.674. The molecule has 0 aliphatic heterocycles. The van der Waals surface area contributed by atoms with Gasteiger partial charge in [-0.15, -0.1) is 0 Å². The van der Waals surface area contributed by atoms with Crippen LogP contribution in [0.3, 0.4) is 0 Å². The van der Waals surface area contributed by atoms with E-state index >= 15 is 0 Å². The Morgan fingerprint density at radius 2 is 1.04 bits per heavy atom. The van der Waals surface area contributed by atoms with Gasteiger partial charge in [0.1, 0.15) is 11.4 Å². The van der Waals surface area contributed by atoms with E-state index in [9.17, 15) is 30.0 Å². The van der Waals surface area contributed by atoms with Crippen LogP contribution < -0.4 is 0 Å². The number of hydrogen-bond acceptors (Lipinski definition) is 8. The lowest BCUT2D eigenvalue weighted by Gasteiger charge is -2.36. The standard InChI is InChI=1S/C18H24N2O6/c21-9-5-19(6-10-22)18(20(7-11-23)8-12-24)15-16(25)13-3-1-2-4-14(13)17(15)26/h1-4,21-24H,5-12H2. The highest BCUT2D eigenvalue weighted by atomic mass is 16.3. The summed E-state index contributed by atoms with van der Waals surface area (Å²) in [6.45, 7) is -0.659. The fourth-order valence-corrected chi connectivity index (χ4v) is 3.10. The van der Waals surface area contributed by atoms with Crippen molar-refractivity contribution in [1.82, 2.24) is 9.80 Å². The van der Waals surface area contributed by atoms with Crippen LogP contribution in [0.5, 0.6) is 0 Å². The quantitative estimate of drug-likeness (QED) is 0.303. The molecule has 1 aromatic rings. The monoisotopic (exact) mass is 364 g/mol. The summed E-state index contributed by atoms with van der Waals surface area (Å²) in [5.41, 5.74) is 0.520. The van der Waals surface area contributed by atoms with Gasteiger partial charge in [0.2, 0.25) is 11.6 Å². The van der Waals surface area contributed by atoms with Crippen molar-refractivity contribution in [2.75, 3.05) is 52.6 Å². The molecule has 4 N–H and O–H groups in total. The van der Waals surface area contributed by atoms with Crippen molar-refractivity contribution in [2.24, 2.45) is 0 Å². The molecule has 0 spiro atoms. The van der Waals surface area contributed by atoms with Crippen molar-refractivity contribution in [3.8, 4) is 0 Å².